The molecule has 2 heterocycles. The van der Waals surface area contributed by atoms with Gasteiger partial charge < -0.3 is 9.15 Å². The summed E-state index contributed by atoms with van der Waals surface area (Å²) < 4.78 is 10.9. The predicted molar refractivity (Wildman–Crippen MR) is 78.5 cm³/mol. The van der Waals surface area contributed by atoms with Crippen molar-refractivity contribution in [3.05, 3.63) is 63.1 Å². The fraction of sp³-hybridized carbons (Fsp3) is 0. The highest BCUT2D eigenvalue weighted by Crippen LogP contribution is 2.24. The van der Waals surface area contributed by atoms with Crippen molar-refractivity contribution in [3.8, 4) is 0 Å². The van der Waals surface area contributed by atoms with Crippen molar-refractivity contribution in [2.75, 3.05) is 0 Å². The average molecular weight is 353 g/mol. The van der Waals surface area contributed by atoms with Crippen LogP contribution in [0.25, 0.3) is 6.08 Å². The lowest BCUT2D eigenvalue weighted by atomic mass is 10.2. The second-order valence-electron chi connectivity index (χ2n) is 3.96. The van der Waals surface area contributed by atoms with Gasteiger partial charge in [-0.2, -0.15) is 0 Å². The number of hydrogen-bond donors (Lipinski definition) is 0. The van der Waals surface area contributed by atoms with Gasteiger partial charge in [-0.05, 0) is 45.8 Å². The first-order valence-electron chi connectivity index (χ1n) is 5.66. The molecule has 0 aliphatic carbocycles. The third-order valence-electron chi connectivity index (χ3n) is 2.60. The van der Waals surface area contributed by atoms with Crippen LogP contribution in [0, 0.1) is 0 Å². The maximum atomic E-state index is 11.8. The number of furan rings is 1. The van der Waals surface area contributed by atoms with Gasteiger partial charge in [-0.3, -0.25) is 0 Å². The summed E-state index contributed by atoms with van der Waals surface area (Å²) in [5.74, 6) is -0.0146. The summed E-state index contributed by atoms with van der Waals surface area (Å²) in [6, 6.07) is 10.5. The van der Waals surface area contributed by atoms with Crippen LogP contribution in [0.1, 0.15) is 11.3 Å². The van der Waals surface area contributed by atoms with E-state index in [0.29, 0.717) is 21.0 Å². The van der Waals surface area contributed by atoms with Crippen molar-refractivity contribution in [2.45, 2.75) is 0 Å². The van der Waals surface area contributed by atoms with E-state index >= 15 is 0 Å². The molecule has 0 fully saturated rings. The maximum Gasteiger partial charge on any atom is 0.363 e. The zero-order chi connectivity index (χ0) is 14.1. The number of hydrogen-bond acceptors (Lipinski definition) is 4. The highest BCUT2D eigenvalue weighted by Gasteiger charge is 2.26. The molecule has 3 rings (SSSR count). The minimum Gasteiger partial charge on any atom is -0.444 e. The molecule has 0 atom stereocenters. The molecule has 0 saturated heterocycles. The number of carbonyl (C=O) groups excluding carboxylic acids is 1. The number of cyclic esters (lactones) is 1. The van der Waals surface area contributed by atoms with Gasteiger partial charge in [0, 0.05) is 5.02 Å². The zero-order valence-electron chi connectivity index (χ0n) is 9.97. The van der Waals surface area contributed by atoms with Gasteiger partial charge in [-0.15, -0.1) is 0 Å². The van der Waals surface area contributed by atoms with Crippen LogP contribution in [-0.2, 0) is 9.53 Å². The summed E-state index contributed by atoms with van der Waals surface area (Å²) >= 11 is 9.22. The lowest BCUT2D eigenvalue weighted by Gasteiger charge is -1.96. The Bertz CT molecular complexity index is 748. The number of esters is 1. The predicted octanol–water partition coefficient (Wildman–Crippen LogP) is 4.04. The normalized spacial score (nSPS) is 16.4. The van der Waals surface area contributed by atoms with Crippen molar-refractivity contribution < 1.29 is 13.9 Å². The van der Waals surface area contributed by atoms with E-state index in [2.05, 4.69) is 20.9 Å². The van der Waals surface area contributed by atoms with Gasteiger partial charge in [0.2, 0.25) is 0 Å². The van der Waals surface area contributed by atoms with Crippen LogP contribution in [0.3, 0.4) is 0 Å². The number of benzene rings is 1. The van der Waals surface area contributed by atoms with E-state index in [1.807, 2.05) is 12.1 Å². The molecule has 1 aromatic carbocycles. The molecule has 0 amide bonds. The molecule has 6 heteroatoms. The molecule has 0 radical (unpaired) electrons. The minimum absolute atomic E-state index is 0.138. The van der Waals surface area contributed by atoms with Crippen LogP contribution in [0.5, 0.6) is 0 Å². The SMILES string of the molecule is O=C1OC(c2ccc(Br)o2)=N/C1=C\c1ccccc1Cl. The van der Waals surface area contributed by atoms with Crippen LogP contribution < -0.4 is 0 Å². The second kappa shape index (κ2) is 5.26. The smallest absolute Gasteiger partial charge is 0.363 e. The van der Waals surface area contributed by atoms with Crippen molar-refractivity contribution in [1.29, 1.82) is 0 Å². The van der Waals surface area contributed by atoms with E-state index < -0.39 is 5.97 Å². The number of ether oxygens (including phenoxy) is 1. The van der Waals surface area contributed by atoms with E-state index in [4.69, 9.17) is 20.8 Å². The topological polar surface area (TPSA) is 51.8 Å². The Kier molecular flexibility index (Phi) is 3.46. The highest BCUT2D eigenvalue weighted by atomic mass is 79.9. The summed E-state index contributed by atoms with van der Waals surface area (Å²) in [7, 11) is 0. The second-order valence-corrected chi connectivity index (χ2v) is 5.15. The van der Waals surface area contributed by atoms with Crippen LogP contribution in [0.15, 0.2) is 56.2 Å². The van der Waals surface area contributed by atoms with Gasteiger partial charge in [-0.1, -0.05) is 29.8 Å². The molecule has 2 aromatic rings. The number of nitrogens with zero attached hydrogens (tertiary/aromatic N) is 1. The standard InChI is InChI=1S/C14H7BrClNO3/c15-12-6-5-11(19-12)13-17-10(14(18)20-13)7-8-3-1-2-4-9(8)16/h1-7H/b10-7-. The third kappa shape index (κ3) is 2.55. The van der Waals surface area contributed by atoms with E-state index in [1.54, 1.807) is 30.3 Å². The van der Waals surface area contributed by atoms with Crippen molar-refractivity contribution in [3.63, 3.8) is 0 Å². The molecule has 1 aliphatic heterocycles. The molecule has 0 unspecified atom stereocenters. The Balaban J connectivity index is 1.97. The van der Waals surface area contributed by atoms with Crippen LogP contribution >= 0.6 is 27.5 Å². The third-order valence-corrected chi connectivity index (χ3v) is 3.37. The molecule has 0 N–H and O–H groups in total. The lowest BCUT2D eigenvalue weighted by molar-refractivity contribution is -0.130. The molecule has 0 saturated carbocycles. The molecule has 1 aliphatic rings. The molecule has 0 spiro atoms. The van der Waals surface area contributed by atoms with E-state index in [1.165, 1.54) is 0 Å². The fourth-order valence-electron chi connectivity index (χ4n) is 1.68. The van der Waals surface area contributed by atoms with Gasteiger partial charge >= 0.3 is 5.97 Å². The van der Waals surface area contributed by atoms with Gasteiger partial charge in [0.15, 0.2) is 16.1 Å². The molecular weight excluding hydrogens is 346 g/mol. The summed E-state index contributed by atoms with van der Waals surface area (Å²) in [6.07, 6.45) is 1.58. The lowest BCUT2D eigenvalue weighted by Crippen LogP contribution is -2.04. The van der Waals surface area contributed by atoms with Gasteiger partial charge in [0.1, 0.15) is 0 Å². The summed E-state index contributed by atoms with van der Waals surface area (Å²) in [4.78, 5) is 15.9. The Labute approximate surface area is 127 Å². The van der Waals surface area contributed by atoms with E-state index in [-0.39, 0.29) is 11.6 Å². The first kappa shape index (κ1) is 13.1. The van der Waals surface area contributed by atoms with Gasteiger partial charge in [0.05, 0.1) is 0 Å². The van der Waals surface area contributed by atoms with Crippen LogP contribution in [0.4, 0.5) is 0 Å². The molecular formula is C14H7BrClNO3. The number of rotatable bonds is 2. The minimum atomic E-state index is -0.535. The largest absolute Gasteiger partial charge is 0.444 e. The average Bonchev–Trinajstić information content (AvgIpc) is 2.99. The molecule has 4 nitrogen and oxygen atoms in total. The van der Waals surface area contributed by atoms with Crippen molar-refractivity contribution >= 4 is 45.5 Å². The number of halogens is 2. The molecule has 100 valence electrons. The molecule has 1 aromatic heterocycles. The van der Waals surface area contributed by atoms with E-state index in [0.717, 1.165) is 0 Å². The number of carbonyl (C=O) groups is 1. The Morgan fingerprint density at radius 2 is 2.00 bits per heavy atom. The fourth-order valence-corrected chi connectivity index (χ4v) is 2.18. The quantitative estimate of drug-likeness (QED) is 0.605. The first-order chi connectivity index (χ1) is 9.63. The van der Waals surface area contributed by atoms with Crippen molar-refractivity contribution in [1.82, 2.24) is 0 Å². The first-order valence-corrected chi connectivity index (χ1v) is 6.83. The maximum absolute atomic E-state index is 11.8. The van der Waals surface area contributed by atoms with Crippen LogP contribution in [-0.4, -0.2) is 11.9 Å². The van der Waals surface area contributed by atoms with Crippen LogP contribution in [0.2, 0.25) is 5.02 Å². The monoisotopic (exact) mass is 351 g/mol. The Hall–Kier alpha value is -1.85. The number of aliphatic imine (C=N–C) groups is 1. The summed E-state index contributed by atoms with van der Waals surface area (Å²) in [5.41, 5.74) is 0.882. The molecule has 0 bridgehead atoms. The highest BCUT2D eigenvalue weighted by molar-refractivity contribution is 9.10. The Morgan fingerprint density at radius 1 is 1.20 bits per heavy atom. The van der Waals surface area contributed by atoms with E-state index in [9.17, 15) is 4.79 Å². The zero-order valence-corrected chi connectivity index (χ0v) is 12.3. The van der Waals surface area contributed by atoms with Gasteiger partial charge in [-0.25, -0.2) is 9.79 Å². The summed E-state index contributed by atoms with van der Waals surface area (Å²) in [5, 5.41) is 0.539. The Morgan fingerprint density at radius 3 is 2.70 bits per heavy atom. The summed E-state index contributed by atoms with van der Waals surface area (Å²) in [6.45, 7) is 0. The molecule has 20 heavy (non-hydrogen) atoms. The van der Waals surface area contributed by atoms with Gasteiger partial charge in [0.25, 0.3) is 5.90 Å². The van der Waals surface area contributed by atoms with Crippen molar-refractivity contribution in [2.24, 2.45) is 4.99 Å².